The van der Waals surface area contributed by atoms with E-state index in [2.05, 4.69) is 0 Å². The van der Waals surface area contributed by atoms with Gasteiger partial charge in [-0.05, 0) is 0 Å². The molecular formula is C4H11NO8. The van der Waals surface area contributed by atoms with Crippen molar-refractivity contribution in [3.63, 3.8) is 0 Å². The molecule has 0 aromatic rings. The minimum Gasteiger partial charge on any atom is -0.450 e. The normalized spacial score (nSPS) is 5.62. The lowest BCUT2D eigenvalue weighted by Crippen LogP contribution is -1.81. The first kappa shape index (κ1) is 22.4. The molecule has 0 rings (SSSR count). The van der Waals surface area contributed by atoms with Crippen LogP contribution >= 0.6 is 0 Å². The van der Waals surface area contributed by atoms with Crippen molar-refractivity contribution in [3.05, 3.63) is 10.1 Å². The van der Waals surface area contributed by atoms with Crippen LogP contribution < -0.4 is 0 Å². The average Bonchev–Trinajstić information content (AvgIpc) is 1.54. The van der Waals surface area contributed by atoms with Crippen molar-refractivity contribution in [3.8, 4) is 0 Å². The summed E-state index contributed by atoms with van der Waals surface area (Å²) < 4.78 is 0. The van der Waals surface area contributed by atoms with Crippen LogP contribution in [0.2, 0.25) is 0 Å². The molecule has 0 fully saturated rings. The molecule has 0 heterocycles. The average molecular weight is 201 g/mol. The van der Waals surface area contributed by atoms with E-state index >= 15 is 0 Å². The first-order chi connectivity index (χ1) is 5.20. The number of hydrogen-bond acceptors (Lipinski definition) is 4. The Kier molecular flexibility index (Phi) is 28.5. The van der Waals surface area contributed by atoms with Gasteiger partial charge in [-0.2, -0.15) is 0 Å². The molecule has 0 aliphatic heterocycles. The second-order valence-electron chi connectivity index (χ2n) is 1.00. The van der Waals surface area contributed by atoms with Crippen LogP contribution in [0.5, 0.6) is 0 Å². The van der Waals surface area contributed by atoms with Gasteiger partial charge in [0, 0.05) is 4.92 Å². The van der Waals surface area contributed by atoms with E-state index in [1.165, 1.54) is 0 Å². The zero-order valence-electron chi connectivity index (χ0n) is 5.87. The van der Waals surface area contributed by atoms with Crippen molar-refractivity contribution in [1.82, 2.24) is 0 Å². The number of nitrogens with zero attached hydrogens (tertiary/aromatic N) is 1. The maximum atomic E-state index is 8.81. The van der Waals surface area contributed by atoms with Gasteiger partial charge in [0.15, 0.2) is 7.05 Å². The highest BCUT2D eigenvalue weighted by molar-refractivity contribution is 5.53. The SMILES string of the molecule is C.C[N+](=O)[O-].O=C(O)O.O=C(O)O. The van der Waals surface area contributed by atoms with Crippen molar-refractivity contribution < 1.29 is 34.9 Å². The minimum absolute atomic E-state index is 0. The molecule has 9 nitrogen and oxygen atoms in total. The number of carboxylic acid groups (broad SMARTS) is 4. The summed E-state index contributed by atoms with van der Waals surface area (Å²) in [7, 11) is 0.889. The topological polar surface area (TPSA) is 158 Å². The summed E-state index contributed by atoms with van der Waals surface area (Å²) in [6.07, 6.45) is -3.67. The van der Waals surface area contributed by atoms with Crippen molar-refractivity contribution in [2.24, 2.45) is 0 Å². The Labute approximate surface area is 73.0 Å². The van der Waals surface area contributed by atoms with Crippen LogP contribution in [0, 0.1) is 10.1 Å². The summed E-state index contributed by atoms with van der Waals surface area (Å²) in [4.78, 5) is 25.4. The summed E-state index contributed by atoms with van der Waals surface area (Å²) in [5, 5.41) is 36.7. The van der Waals surface area contributed by atoms with E-state index in [4.69, 9.17) is 40.1 Å². The summed E-state index contributed by atoms with van der Waals surface area (Å²) in [5.74, 6) is 0. The lowest BCUT2D eigenvalue weighted by molar-refractivity contribution is -0.445. The van der Waals surface area contributed by atoms with Gasteiger partial charge in [0.25, 0.3) is 0 Å². The smallest absolute Gasteiger partial charge is 0.450 e. The number of rotatable bonds is 0. The Bertz CT molecular complexity index is 114. The molecule has 0 aliphatic carbocycles. The standard InChI is InChI=1S/CH3NO2.2CH2O3.CH4/c1-2(3)4;2*2-1(3)4;/h1H3;2*(H2,2,3,4);1H4. The third-order valence-electron chi connectivity index (χ3n) is 0. The summed E-state index contributed by atoms with van der Waals surface area (Å²) in [5.41, 5.74) is 0. The van der Waals surface area contributed by atoms with Gasteiger partial charge in [0.2, 0.25) is 0 Å². The zero-order chi connectivity index (χ0) is 10.7. The second-order valence-corrected chi connectivity index (χ2v) is 1.00. The van der Waals surface area contributed by atoms with Crippen molar-refractivity contribution in [1.29, 1.82) is 0 Å². The van der Waals surface area contributed by atoms with E-state index in [0.29, 0.717) is 0 Å². The fourth-order valence-electron chi connectivity index (χ4n) is 0. The number of carbonyl (C=O) groups is 2. The fraction of sp³-hybridized carbons (Fsp3) is 0.500. The lowest BCUT2D eigenvalue weighted by atomic mass is 11.5. The van der Waals surface area contributed by atoms with Gasteiger partial charge in [-0.1, -0.05) is 7.43 Å². The minimum atomic E-state index is -1.83. The van der Waals surface area contributed by atoms with Crippen LogP contribution in [-0.2, 0) is 0 Å². The van der Waals surface area contributed by atoms with Crippen LogP contribution in [0.4, 0.5) is 9.59 Å². The molecule has 9 heteroatoms. The highest BCUT2D eigenvalue weighted by Gasteiger charge is 1.70. The number of hydrogen-bond donors (Lipinski definition) is 4. The van der Waals surface area contributed by atoms with Crippen LogP contribution in [0.3, 0.4) is 0 Å². The van der Waals surface area contributed by atoms with Crippen LogP contribution in [-0.4, -0.2) is 44.7 Å². The molecule has 0 spiro atoms. The summed E-state index contributed by atoms with van der Waals surface area (Å²) in [6.45, 7) is 0. The van der Waals surface area contributed by atoms with Gasteiger partial charge in [0.05, 0.1) is 0 Å². The summed E-state index contributed by atoms with van der Waals surface area (Å²) >= 11 is 0. The third kappa shape index (κ3) is 148. The highest BCUT2D eigenvalue weighted by atomic mass is 16.6. The monoisotopic (exact) mass is 201 g/mol. The molecule has 0 radical (unpaired) electrons. The predicted octanol–water partition coefficient (Wildman–Crippen LogP) is 0.974. The quantitative estimate of drug-likeness (QED) is 0.333. The molecule has 4 N–H and O–H groups in total. The Balaban J connectivity index is -0.0000000450. The molecule has 13 heavy (non-hydrogen) atoms. The molecule has 0 aliphatic rings. The molecule has 0 aromatic heterocycles. The van der Waals surface area contributed by atoms with E-state index in [1.807, 2.05) is 0 Å². The Hall–Kier alpha value is -2.06. The van der Waals surface area contributed by atoms with Gasteiger partial charge in [-0.3, -0.25) is 10.1 Å². The molecule has 0 aromatic carbocycles. The Morgan fingerprint density at radius 3 is 1.08 bits per heavy atom. The Morgan fingerprint density at radius 2 is 1.08 bits per heavy atom. The summed E-state index contributed by atoms with van der Waals surface area (Å²) in [6, 6.07) is 0. The maximum Gasteiger partial charge on any atom is 0.503 e. The van der Waals surface area contributed by atoms with Crippen LogP contribution in [0.25, 0.3) is 0 Å². The second kappa shape index (κ2) is 16.5. The fourth-order valence-corrected chi connectivity index (χ4v) is 0. The molecule has 0 bridgehead atoms. The van der Waals surface area contributed by atoms with Crippen LogP contribution in [0.1, 0.15) is 7.43 Å². The van der Waals surface area contributed by atoms with E-state index < -0.39 is 17.2 Å². The maximum absolute atomic E-state index is 8.81. The van der Waals surface area contributed by atoms with Gasteiger partial charge >= 0.3 is 12.3 Å². The van der Waals surface area contributed by atoms with E-state index in [1.54, 1.807) is 0 Å². The molecule has 0 amide bonds. The predicted molar refractivity (Wildman–Crippen MR) is 41.0 cm³/mol. The third-order valence-corrected chi connectivity index (χ3v) is 0. The van der Waals surface area contributed by atoms with Gasteiger partial charge in [-0.15, -0.1) is 0 Å². The molecule has 0 atom stereocenters. The van der Waals surface area contributed by atoms with E-state index in [-0.39, 0.29) is 7.43 Å². The van der Waals surface area contributed by atoms with Gasteiger partial charge < -0.3 is 20.4 Å². The zero-order valence-corrected chi connectivity index (χ0v) is 5.87. The van der Waals surface area contributed by atoms with Gasteiger partial charge in [0.1, 0.15) is 0 Å². The number of nitro groups is 1. The lowest BCUT2D eigenvalue weighted by Gasteiger charge is -1.63. The molecule has 0 saturated carbocycles. The van der Waals surface area contributed by atoms with E-state index in [0.717, 1.165) is 7.05 Å². The molecular weight excluding hydrogens is 190 g/mol. The van der Waals surface area contributed by atoms with Crippen LogP contribution in [0.15, 0.2) is 0 Å². The first-order valence-corrected chi connectivity index (χ1v) is 2.12. The molecule has 0 unspecified atom stereocenters. The molecule has 0 saturated heterocycles. The Morgan fingerprint density at radius 1 is 1.08 bits per heavy atom. The largest absolute Gasteiger partial charge is 0.503 e. The highest BCUT2D eigenvalue weighted by Crippen LogP contribution is 1.43. The van der Waals surface area contributed by atoms with Crippen molar-refractivity contribution in [2.75, 3.05) is 7.05 Å². The van der Waals surface area contributed by atoms with E-state index in [9.17, 15) is 0 Å². The van der Waals surface area contributed by atoms with Gasteiger partial charge in [-0.25, -0.2) is 9.59 Å². The van der Waals surface area contributed by atoms with Crippen molar-refractivity contribution in [2.45, 2.75) is 7.43 Å². The first-order valence-electron chi connectivity index (χ1n) is 2.12. The van der Waals surface area contributed by atoms with Crippen molar-refractivity contribution >= 4 is 12.3 Å². The molecule has 80 valence electrons.